The second kappa shape index (κ2) is 6.24. The zero-order valence-corrected chi connectivity index (χ0v) is 11.3. The van der Waals surface area contributed by atoms with Crippen molar-refractivity contribution < 1.29 is 9.53 Å². The third kappa shape index (κ3) is 3.48. The lowest BCUT2D eigenvalue weighted by atomic mass is 10.2. The first kappa shape index (κ1) is 13.4. The van der Waals surface area contributed by atoms with Crippen molar-refractivity contribution in [2.75, 3.05) is 12.3 Å². The number of nitrogens with zero attached hydrogens (tertiary/aromatic N) is 1. The highest BCUT2D eigenvalue weighted by Crippen LogP contribution is 2.32. The van der Waals surface area contributed by atoms with E-state index in [1.807, 2.05) is 12.1 Å². The largest absolute Gasteiger partial charge is 0.462 e. The van der Waals surface area contributed by atoms with Crippen LogP contribution in [0.4, 0.5) is 5.69 Å². The van der Waals surface area contributed by atoms with Gasteiger partial charge in [0.2, 0.25) is 0 Å². The number of anilines is 1. The van der Waals surface area contributed by atoms with Crippen LogP contribution >= 0.6 is 11.8 Å². The monoisotopic (exact) mass is 274 g/mol. The summed E-state index contributed by atoms with van der Waals surface area (Å²) < 4.78 is 4.97. The summed E-state index contributed by atoms with van der Waals surface area (Å²) in [5, 5.41) is 0. The third-order valence-electron chi connectivity index (χ3n) is 2.40. The lowest BCUT2D eigenvalue weighted by Crippen LogP contribution is -2.05. The molecule has 0 saturated heterocycles. The Morgan fingerprint density at radius 2 is 2.05 bits per heavy atom. The van der Waals surface area contributed by atoms with Crippen molar-refractivity contribution in [2.24, 2.45) is 0 Å². The summed E-state index contributed by atoms with van der Waals surface area (Å²) in [6.45, 7) is 2.14. The Morgan fingerprint density at radius 1 is 1.32 bits per heavy atom. The summed E-state index contributed by atoms with van der Waals surface area (Å²) in [5.74, 6) is -0.334. The molecule has 5 heteroatoms. The third-order valence-corrected chi connectivity index (χ3v) is 3.48. The zero-order chi connectivity index (χ0) is 13.7. The first-order chi connectivity index (χ1) is 9.20. The average molecular weight is 274 g/mol. The van der Waals surface area contributed by atoms with E-state index in [-0.39, 0.29) is 5.97 Å². The number of hydrogen-bond acceptors (Lipinski definition) is 5. The molecule has 0 unspecified atom stereocenters. The van der Waals surface area contributed by atoms with E-state index >= 15 is 0 Å². The molecule has 0 spiro atoms. The van der Waals surface area contributed by atoms with Gasteiger partial charge in [-0.2, -0.15) is 0 Å². The fourth-order valence-electron chi connectivity index (χ4n) is 1.50. The molecule has 2 aromatic rings. The van der Waals surface area contributed by atoms with Gasteiger partial charge >= 0.3 is 5.97 Å². The number of rotatable bonds is 4. The minimum atomic E-state index is -0.334. The van der Waals surface area contributed by atoms with Crippen molar-refractivity contribution in [2.45, 2.75) is 16.7 Å². The van der Waals surface area contributed by atoms with Crippen LogP contribution in [0, 0.1) is 0 Å². The smallest absolute Gasteiger partial charge is 0.338 e. The number of benzene rings is 1. The Hall–Kier alpha value is -2.01. The summed E-state index contributed by atoms with van der Waals surface area (Å²) in [6, 6.07) is 8.92. The summed E-state index contributed by atoms with van der Waals surface area (Å²) in [6.07, 6.45) is 3.43. The maximum atomic E-state index is 11.7. The van der Waals surface area contributed by atoms with E-state index in [0.717, 1.165) is 9.79 Å². The van der Waals surface area contributed by atoms with Crippen LogP contribution < -0.4 is 5.73 Å². The van der Waals surface area contributed by atoms with Crippen molar-refractivity contribution in [3.63, 3.8) is 0 Å². The van der Waals surface area contributed by atoms with Gasteiger partial charge < -0.3 is 10.5 Å². The summed E-state index contributed by atoms with van der Waals surface area (Å²) in [4.78, 5) is 17.5. The van der Waals surface area contributed by atoms with Gasteiger partial charge in [0.15, 0.2) is 0 Å². The molecule has 0 radical (unpaired) electrons. The molecular formula is C14H14N2O2S. The van der Waals surface area contributed by atoms with E-state index in [1.165, 1.54) is 11.8 Å². The Morgan fingerprint density at radius 3 is 2.74 bits per heavy atom. The highest BCUT2D eigenvalue weighted by atomic mass is 32.2. The summed E-state index contributed by atoms with van der Waals surface area (Å²) >= 11 is 1.49. The van der Waals surface area contributed by atoms with Crippen LogP contribution in [-0.2, 0) is 4.74 Å². The number of pyridine rings is 1. The van der Waals surface area contributed by atoms with Crippen LogP contribution in [0.1, 0.15) is 17.3 Å². The van der Waals surface area contributed by atoms with Crippen LogP contribution in [0.25, 0.3) is 0 Å². The molecule has 0 fully saturated rings. The molecule has 0 amide bonds. The van der Waals surface area contributed by atoms with E-state index in [0.29, 0.717) is 17.9 Å². The number of aromatic nitrogens is 1. The van der Waals surface area contributed by atoms with Crippen LogP contribution in [0.15, 0.2) is 52.5 Å². The highest BCUT2D eigenvalue weighted by Gasteiger charge is 2.10. The maximum absolute atomic E-state index is 11.7. The molecule has 98 valence electrons. The summed E-state index contributed by atoms with van der Waals surface area (Å²) in [7, 11) is 0. The lowest BCUT2D eigenvalue weighted by Gasteiger charge is -2.08. The molecule has 1 aromatic heterocycles. The van der Waals surface area contributed by atoms with Gasteiger partial charge in [-0.15, -0.1) is 0 Å². The van der Waals surface area contributed by atoms with Crippen LogP contribution in [0.2, 0.25) is 0 Å². The van der Waals surface area contributed by atoms with Crippen molar-refractivity contribution in [3.8, 4) is 0 Å². The predicted octanol–water partition coefficient (Wildman–Crippen LogP) is 2.99. The number of ether oxygens (including phenoxy) is 1. The minimum absolute atomic E-state index is 0.334. The molecule has 19 heavy (non-hydrogen) atoms. The van der Waals surface area contributed by atoms with Crippen molar-refractivity contribution in [1.82, 2.24) is 4.98 Å². The zero-order valence-electron chi connectivity index (χ0n) is 10.5. The second-order valence-electron chi connectivity index (χ2n) is 3.76. The standard InChI is InChI=1S/C14H14N2O2S/c1-2-18-14(17)10-3-4-12(15)13(9-10)19-11-5-7-16-8-6-11/h3-9H,2,15H2,1H3. The maximum Gasteiger partial charge on any atom is 0.338 e. The normalized spacial score (nSPS) is 10.2. The molecule has 2 rings (SSSR count). The average Bonchev–Trinajstić information content (AvgIpc) is 2.42. The topological polar surface area (TPSA) is 65.2 Å². The molecule has 4 nitrogen and oxygen atoms in total. The number of nitrogen functional groups attached to an aromatic ring is 1. The lowest BCUT2D eigenvalue weighted by molar-refractivity contribution is 0.0526. The van der Waals surface area contributed by atoms with Gasteiger partial charge in [0, 0.05) is 27.9 Å². The van der Waals surface area contributed by atoms with E-state index in [9.17, 15) is 4.79 Å². The molecule has 0 aliphatic carbocycles. The van der Waals surface area contributed by atoms with Crippen LogP contribution in [0.3, 0.4) is 0 Å². The Balaban J connectivity index is 2.25. The Kier molecular flexibility index (Phi) is 4.41. The number of carbonyl (C=O) groups excluding carboxylic acids is 1. The van der Waals surface area contributed by atoms with Gasteiger partial charge in [0.05, 0.1) is 12.2 Å². The minimum Gasteiger partial charge on any atom is -0.462 e. The fraction of sp³-hybridized carbons (Fsp3) is 0.143. The molecular weight excluding hydrogens is 260 g/mol. The predicted molar refractivity (Wildman–Crippen MR) is 75.2 cm³/mol. The summed E-state index contributed by atoms with van der Waals surface area (Å²) in [5.41, 5.74) is 7.06. The number of esters is 1. The van der Waals surface area contributed by atoms with Gasteiger partial charge in [-0.05, 0) is 37.3 Å². The van der Waals surface area contributed by atoms with Crippen molar-refractivity contribution in [3.05, 3.63) is 48.3 Å². The molecule has 0 atom stereocenters. The van der Waals surface area contributed by atoms with E-state index in [1.54, 1.807) is 37.5 Å². The van der Waals surface area contributed by atoms with Gasteiger partial charge in [0.25, 0.3) is 0 Å². The van der Waals surface area contributed by atoms with Gasteiger partial charge in [-0.3, -0.25) is 4.98 Å². The first-order valence-electron chi connectivity index (χ1n) is 5.85. The fourth-order valence-corrected chi connectivity index (χ4v) is 2.38. The molecule has 0 bridgehead atoms. The Labute approximate surface area is 116 Å². The quantitative estimate of drug-likeness (QED) is 0.686. The van der Waals surface area contributed by atoms with Crippen LogP contribution in [0.5, 0.6) is 0 Å². The van der Waals surface area contributed by atoms with E-state index in [4.69, 9.17) is 10.5 Å². The molecule has 1 aromatic carbocycles. The Bertz CT molecular complexity index is 573. The number of nitrogens with two attached hydrogens (primary N) is 1. The van der Waals surface area contributed by atoms with E-state index < -0.39 is 0 Å². The van der Waals surface area contributed by atoms with Crippen LogP contribution in [-0.4, -0.2) is 17.6 Å². The highest BCUT2D eigenvalue weighted by molar-refractivity contribution is 7.99. The van der Waals surface area contributed by atoms with Crippen molar-refractivity contribution in [1.29, 1.82) is 0 Å². The van der Waals surface area contributed by atoms with E-state index in [2.05, 4.69) is 4.98 Å². The number of hydrogen-bond donors (Lipinski definition) is 1. The van der Waals surface area contributed by atoms with Gasteiger partial charge in [-0.1, -0.05) is 11.8 Å². The van der Waals surface area contributed by atoms with Crippen molar-refractivity contribution >= 4 is 23.4 Å². The molecule has 0 saturated carbocycles. The van der Waals surface area contributed by atoms with Gasteiger partial charge in [0.1, 0.15) is 0 Å². The SMILES string of the molecule is CCOC(=O)c1ccc(N)c(Sc2ccncc2)c1. The molecule has 0 aliphatic heterocycles. The molecule has 1 heterocycles. The molecule has 0 aliphatic rings. The first-order valence-corrected chi connectivity index (χ1v) is 6.67. The second-order valence-corrected chi connectivity index (χ2v) is 4.87. The number of carbonyl (C=O) groups is 1. The van der Waals surface area contributed by atoms with Gasteiger partial charge in [-0.25, -0.2) is 4.79 Å². The molecule has 2 N–H and O–H groups in total.